The highest BCUT2D eigenvalue weighted by Gasteiger charge is 2.14. The lowest BCUT2D eigenvalue weighted by molar-refractivity contribution is 0.0954. The lowest BCUT2D eigenvalue weighted by atomic mass is 9.97. The van der Waals surface area contributed by atoms with Gasteiger partial charge in [0.05, 0.1) is 6.21 Å². The van der Waals surface area contributed by atoms with E-state index < -0.39 is 0 Å². The summed E-state index contributed by atoms with van der Waals surface area (Å²) in [6, 6.07) is 23.6. The van der Waals surface area contributed by atoms with Gasteiger partial charge in [0.25, 0.3) is 5.91 Å². The topological polar surface area (TPSA) is 59.9 Å². The van der Waals surface area contributed by atoms with Gasteiger partial charge < -0.3 is 9.47 Å². The first-order valence-electron chi connectivity index (χ1n) is 9.43. The molecule has 5 heteroatoms. The van der Waals surface area contributed by atoms with E-state index in [1.165, 1.54) is 0 Å². The molecular formula is C24H18N2O3. The molecule has 1 amide bonds. The Kier molecular flexibility index (Phi) is 4.33. The quantitative estimate of drug-likeness (QED) is 0.322. The number of rotatable bonds is 3. The summed E-state index contributed by atoms with van der Waals surface area (Å²) in [5.74, 6) is 0.925. The normalized spacial score (nSPS) is 13.1. The fraction of sp³-hybridized carbons (Fsp3) is 0.0833. The van der Waals surface area contributed by atoms with Crippen LogP contribution in [0.2, 0.25) is 0 Å². The molecule has 1 aliphatic rings. The summed E-state index contributed by atoms with van der Waals surface area (Å²) >= 11 is 0. The van der Waals surface area contributed by atoms with Crippen molar-refractivity contribution in [1.29, 1.82) is 0 Å². The Bertz CT molecular complexity index is 1210. The Hall–Kier alpha value is -3.86. The number of hydrazone groups is 1. The van der Waals surface area contributed by atoms with E-state index in [9.17, 15) is 4.79 Å². The van der Waals surface area contributed by atoms with Gasteiger partial charge in [0, 0.05) is 11.1 Å². The predicted octanol–water partition coefficient (Wildman–Crippen LogP) is 4.53. The zero-order chi connectivity index (χ0) is 19.6. The maximum Gasteiger partial charge on any atom is 0.271 e. The van der Waals surface area contributed by atoms with E-state index in [0.29, 0.717) is 30.3 Å². The predicted molar refractivity (Wildman–Crippen MR) is 114 cm³/mol. The number of carbonyl (C=O) groups is 1. The SMILES string of the molecule is O=C(N/N=C/c1c2ccccc2cc2ccccc12)c1ccc2c(c1)OCCO2. The van der Waals surface area contributed by atoms with Crippen molar-refractivity contribution in [2.75, 3.05) is 13.2 Å². The summed E-state index contributed by atoms with van der Waals surface area (Å²) < 4.78 is 11.0. The number of fused-ring (bicyclic) bond motifs is 3. The van der Waals surface area contributed by atoms with Gasteiger partial charge >= 0.3 is 0 Å². The second-order valence-electron chi connectivity index (χ2n) is 6.79. The van der Waals surface area contributed by atoms with Crippen LogP contribution in [0.1, 0.15) is 15.9 Å². The van der Waals surface area contributed by atoms with Crippen LogP contribution in [0.15, 0.2) is 77.9 Å². The van der Waals surface area contributed by atoms with Crippen LogP contribution in [-0.4, -0.2) is 25.3 Å². The van der Waals surface area contributed by atoms with Crippen molar-refractivity contribution in [2.45, 2.75) is 0 Å². The number of nitrogens with one attached hydrogen (secondary N) is 1. The molecule has 0 radical (unpaired) electrons. The molecule has 0 aliphatic carbocycles. The van der Waals surface area contributed by atoms with E-state index in [2.05, 4.69) is 40.9 Å². The lowest BCUT2D eigenvalue weighted by Gasteiger charge is -2.18. The number of hydrogen-bond acceptors (Lipinski definition) is 4. The molecule has 0 spiro atoms. The van der Waals surface area contributed by atoms with Crippen molar-refractivity contribution in [3.05, 3.63) is 83.9 Å². The van der Waals surface area contributed by atoms with E-state index >= 15 is 0 Å². The van der Waals surface area contributed by atoms with Crippen molar-refractivity contribution in [3.63, 3.8) is 0 Å². The van der Waals surface area contributed by atoms with Gasteiger partial charge in [-0.25, -0.2) is 5.43 Å². The summed E-state index contributed by atoms with van der Waals surface area (Å²) in [5.41, 5.74) is 4.06. The Morgan fingerprint density at radius 1 is 0.828 bits per heavy atom. The number of hydrogen-bond donors (Lipinski definition) is 1. The molecule has 5 rings (SSSR count). The minimum Gasteiger partial charge on any atom is -0.486 e. The molecule has 1 heterocycles. The average Bonchev–Trinajstić information content (AvgIpc) is 2.78. The van der Waals surface area contributed by atoms with Crippen molar-refractivity contribution >= 4 is 33.7 Å². The summed E-state index contributed by atoms with van der Waals surface area (Å²) in [6.45, 7) is 0.992. The summed E-state index contributed by atoms with van der Waals surface area (Å²) in [7, 11) is 0. The Labute approximate surface area is 167 Å². The maximum absolute atomic E-state index is 12.5. The number of carbonyl (C=O) groups excluding carboxylic acids is 1. The molecule has 142 valence electrons. The second kappa shape index (κ2) is 7.28. The van der Waals surface area contributed by atoms with Crippen LogP contribution in [0.3, 0.4) is 0 Å². The smallest absolute Gasteiger partial charge is 0.271 e. The largest absolute Gasteiger partial charge is 0.486 e. The number of nitrogens with zero attached hydrogens (tertiary/aromatic N) is 1. The van der Waals surface area contributed by atoms with E-state index in [0.717, 1.165) is 27.1 Å². The molecular weight excluding hydrogens is 364 g/mol. The molecule has 0 saturated heterocycles. The van der Waals surface area contributed by atoms with Crippen LogP contribution in [0.4, 0.5) is 0 Å². The zero-order valence-corrected chi connectivity index (χ0v) is 15.6. The average molecular weight is 382 g/mol. The minimum atomic E-state index is -0.303. The van der Waals surface area contributed by atoms with Gasteiger partial charge in [-0.05, 0) is 45.8 Å². The highest BCUT2D eigenvalue weighted by Crippen LogP contribution is 2.31. The third-order valence-electron chi connectivity index (χ3n) is 4.98. The van der Waals surface area contributed by atoms with E-state index in [4.69, 9.17) is 9.47 Å². The van der Waals surface area contributed by atoms with Crippen molar-refractivity contribution in [1.82, 2.24) is 5.43 Å². The van der Waals surface area contributed by atoms with Crippen LogP contribution in [0, 0.1) is 0 Å². The van der Waals surface area contributed by atoms with Crippen molar-refractivity contribution in [2.24, 2.45) is 5.10 Å². The minimum absolute atomic E-state index is 0.303. The molecule has 0 bridgehead atoms. The van der Waals surface area contributed by atoms with Crippen LogP contribution < -0.4 is 14.9 Å². The number of benzene rings is 4. The first-order valence-corrected chi connectivity index (χ1v) is 9.43. The summed E-state index contributed by atoms with van der Waals surface area (Å²) in [4.78, 5) is 12.5. The standard InChI is InChI=1S/C24H18N2O3/c27-24(18-9-10-22-23(14-18)29-12-11-28-22)26-25-15-21-19-7-3-1-5-16(19)13-17-6-2-4-8-20(17)21/h1-10,13-15H,11-12H2,(H,26,27)/b25-15+. The molecule has 29 heavy (non-hydrogen) atoms. The van der Waals surface area contributed by atoms with Crippen LogP contribution in [0.5, 0.6) is 11.5 Å². The molecule has 0 aromatic heterocycles. The van der Waals surface area contributed by atoms with Crippen LogP contribution in [-0.2, 0) is 0 Å². The second-order valence-corrected chi connectivity index (χ2v) is 6.79. The third kappa shape index (κ3) is 3.27. The van der Waals surface area contributed by atoms with Crippen molar-refractivity contribution < 1.29 is 14.3 Å². The fourth-order valence-electron chi connectivity index (χ4n) is 3.59. The number of ether oxygens (including phenoxy) is 2. The Morgan fingerprint density at radius 2 is 1.48 bits per heavy atom. The molecule has 1 N–H and O–H groups in total. The molecule has 4 aromatic rings. The lowest BCUT2D eigenvalue weighted by Crippen LogP contribution is -2.19. The van der Waals surface area contributed by atoms with Gasteiger partial charge in [-0.15, -0.1) is 0 Å². The molecule has 0 fully saturated rings. The first-order chi connectivity index (χ1) is 14.3. The van der Waals surface area contributed by atoms with Gasteiger partial charge in [-0.1, -0.05) is 48.5 Å². The van der Waals surface area contributed by atoms with Gasteiger partial charge in [0.15, 0.2) is 11.5 Å². The highest BCUT2D eigenvalue weighted by atomic mass is 16.6. The van der Waals surface area contributed by atoms with Gasteiger partial charge in [-0.2, -0.15) is 5.10 Å². The third-order valence-corrected chi connectivity index (χ3v) is 4.98. The van der Waals surface area contributed by atoms with E-state index in [1.807, 2.05) is 24.3 Å². The fourth-order valence-corrected chi connectivity index (χ4v) is 3.59. The summed E-state index contributed by atoms with van der Waals surface area (Å²) in [5, 5.41) is 8.67. The maximum atomic E-state index is 12.5. The molecule has 1 aliphatic heterocycles. The molecule has 5 nitrogen and oxygen atoms in total. The molecule has 0 atom stereocenters. The monoisotopic (exact) mass is 382 g/mol. The number of amides is 1. The van der Waals surface area contributed by atoms with Crippen LogP contribution >= 0.6 is 0 Å². The van der Waals surface area contributed by atoms with Crippen molar-refractivity contribution in [3.8, 4) is 11.5 Å². The molecule has 0 unspecified atom stereocenters. The molecule has 4 aromatic carbocycles. The van der Waals surface area contributed by atoms with E-state index in [-0.39, 0.29) is 5.91 Å². The zero-order valence-electron chi connectivity index (χ0n) is 15.6. The van der Waals surface area contributed by atoms with E-state index in [1.54, 1.807) is 24.4 Å². The Morgan fingerprint density at radius 3 is 2.21 bits per heavy atom. The Balaban J connectivity index is 1.45. The summed E-state index contributed by atoms with van der Waals surface area (Å²) in [6.07, 6.45) is 1.71. The van der Waals surface area contributed by atoms with Gasteiger partial charge in [0.2, 0.25) is 0 Å². The van der Waals surface area contributed by atoms with Crippen LogP contribution in [0.25, 0.3) is 21.5 Å². The molecule has 0 saturated carbocycles. The highest BCUT2D eigenvalue weighted by molar-refractivity contribution is 6.13. The van der Waals surface area contributed by atoms with Gasteiger partial charge in [0.1, 0.15) is 13.2 Å². The van der Waals surface area contributed by atoms with Gasteiger partial charge in [-0.3, -0.25) is 4.79 Å². The first kappa shape index (κ1) is 17.3.